The molecule has 2 aromatic heterocycles. The standard InChI is InChI=1S/C22H31N3OS/c1-13-7-8-17-18(11-13)27-22-19(17)21(26)23-20(24-22)14(2)25-10-9-15-5-3-4-6-16(15)12-25/h13-16H,3-12H2,1-2H3,(H,23,24,26)/t13-,14+,15-,16+/m1/s1. The molecule has 0 spiro atoms. The predicted octanol–water partition coefficient (Wildman–Crippen LogP) is 4.68. The minimum atomic E-state index is 0.0847. The largest absolute Gasteiger partial charge is 0.309 e. The maximum absolute atomic E-state index is 12.9. The molecule has 1 N–H and O–H groups in total. The van der Waals surface area contributed by atoms with Crippen LogP contribution in [-0.4, -0.2) is 28.0 Å². The van der Waals surface area contributed by atoms with Crippen LogP contribution in [0.2, 0.25) is 0 Å². The molecule has 0 aromatic carbocycles. The lowest BCUT2D eigenvalue weighted by atomic mass is 9.75. The number of hydrogen-bond donors (Lipinski definition) is 1. The second-order valence-electron chi connectivity index (χ2n) is 9.25. The molecule has 4 nitrogen and oxygen atoms in total. The van der Waals surface area contributed by atoms with Gasteiger partial charge in [-0.05, 0) is 68.9 Å². The molecular formula is C22H31N3OS. The van der Waals surface area contributed by atoms with Crippen molar-refractivity contribution in [3.05, 3.63) is 26.6 Å². The molecule has 1 saturated carbocycles. The van der Waals surface area contributed by atoms with Crippen LogP contribution in [0.1, 0.15) is 74.7 Å². The zero-order valence-corrected chi connectivity index (χ0v) is 17.4. The second-order valence-corrected chi connectivity index (χ2v) is 10.3. The Kier molecular flexibility index (Phi) is 4.63. The summed E-state index contributed by atoms with van der Waals surface area (Å²) in [4.78, 5) is 26.0. The SMILES string of the molecule is C[C@@H]1CCc2c(sc3nc([C@H](C)N4CC[C@H]5CCCC[C@H]5C4)[nH]c(=O)c23)C1. The average Bonchev–Trinajstić information content (AvgIpc) is 3.04. The third-order valence-corrected chi connectivity index (χ3v) is 8.60. The van der Waals surface area contributed by atoms with Crippen LogP contribution in [0.25, 0.3) is 10.2 Å². The van der Waals surface area contributed by atoms with Crippen LogP contribution in [0.15, 0.2) is 4.79 Å². The van der Waals surface area contributed by atoms with E-state index in [0.717, 1.165) is 53.2 Å². The number of aromatic nitrogens is 2. The molecule has 0 amide bonds. The zero-order valence-electron chi connectivity index (χ0n) is 16.6. The number of aryl methyl sites for hydroxylation is 1. The summed E-state index contributed by atoms with van der Waals surface area (Å²) in [5.41, 5.74) is 1.37. The smallest absolute Gasteiger partial charge is 0.259 e. The van der Waals surface area contributed by atoms with Crippen molar-refractivity contribution in [3.63, 3.8) is 0 Å². The van der Waals surface area contributed by atoms with Crippen molar-refractivity contribution in [2.24, 2.45) is 17.8 Å². The first-order valence-corrected chi connectivity index (χ1v) is 11.7. The summed E-state index contributed by atoms with van der Waals surface area (Å²) in [5, 5.41) is 0.879. The third-order valence-electron chi connectivity index (χ3n) is 7.45. The molecule has 4 atom stereocenters. The zero-order chi connectivity index (χ0) is 18.5. The molecular weight excluding hydrogens is 354 g/mol. The Hall–Kier alpha value is -1.20. The summed E-state index contributed by atoms with van der Waals surface area (Å²) in [7, 11) is 0. The lowest BCUT2D eigenvalue weighted by Gasteiger charge is -2.43. The molecule has 0 radical (unpaired) electrons. The van der Waals surface area contributed by atoms with Gasteiger partial charge in [0, 0.05) is 11.4 Å². The maximum atomic E-state index is 12.9. The molecule has 3 heterocycles. The molecule has 5 rings (SSSR count). The van der Waals surface area contributed by atoms with Crippen LogP contribution in [0, 0.1) is 17.8 Å². The summed E-state index contributed by atoms with van der Waals surface area (Å²) in [6.07, 6.45) is 10.3. The fourth-order valence-corrected chi connectivity index (χ4v) is 7.11. The van der Waals surface area contributed by atoms with E-state index in [-0.39, 0.29) is 11.6 Å². The van der Waals surface area contributed by atoms with Gasteiger partial charge in [-0.25, -0.2) is 4.98 Å². The Morgan fingerprint density at radius 3 is 2.85 bits per heavy atom. The van der Waals surface area contributed by atoms with E-state index in [1.165, 1.54) is 55.5 Å². The predicted molar refractivity (Wildman–Crippen MR) is 111 cm³/mol. The number of aromatic amines is 1. The van der Waals surface area contributed by atoms with Gasteiger partial charge in [-0.15, -0.1) is 11.3 Å². The lowest BCUT2D eigenvalue weighted by Crippen LogP contribution is -2.43. The van der Waals surface area contributed by atoms with Gasteiger partial charge in [-0.2, -0.15) is 0 Å². The van der Waals surface area contributed by atoms with Crippen LogP contribution in [0.5, 0.6) is 0 Å². The molecule has 1 saturated heterocycles. The van der Waals surface area contributed by atoms with Crippen molar-refractivity contribution in [2.45, 2.75) is 71.3 Å². The van der Waals surface area contributed by atoms with Crippen LogP contribution in [0.3, 0.4) is 0 Å². The second kappa shape index (κ2) is 7.00. The van der Waals surface area contributed by atoms with E-state index in [9.17, 15) is 4.79 Å². The van der Waals surface area contributed by atoms with E-state index in [0.29, 0.717) is 0 Å². The van der Waals surface area contributed by atoms with Crippen molar-refractivity contribution >= 4 is 21.6 Å². The molecule has 3 aliphatic rings. The Morgan fingerprint density at radius 1 is 1.19 bits per heavy atom. The summed E-state index contributed by atoms with van der Waals surface area (Å²) in [5.74, 6) is 3.37. The van der Waals surface area contributed by atoms with Gasteiger partial charge in [-0.1, -0.05) is 26.2 Å². The Labute approximate surface area is 165 Å². The van der Waals surface area contributed by atoms with Crippen molar-refractivity contribution in [2.75, 3.05) is 13.1 Å². The molecule has 146 valence electrons. The summed E-state index contributed by atoms with van der Waals surface area (Å²) in [6.45, 7) is 6.85. The van der Waals surface area contributed by atoms with Crippen LogP contribution in [-0.2, 0) is 12.8 Å². The minimum absolute atomic E-state index is 0.0847. The fourth-order valence-electron chi connectivity index (χ4n) is 5.72. The van der Waals surface area contributed by atoms with Gasteiger partial charge >= 0.3 is 0 Å². The highest BCUT2D eigenvalue weighted by Crippen LogP contribution is 2.39. The van der Waals surface area contributed by atoms with Crippen LogP contribution in [0.4, 0.5) is 0 Å². The van der Waals surface area contributed by atoms with E-state index in [1.54, 1.807) is 11.3 Å². The number of thiophene rings is 1. The summed E-state index contributed by atoms with van der Waals surface area (Å²) >= 11 is 1.76. The number of likely N-dealkylation sites (tertiary alicyclic amines) is 1. The number of fused-ring (bicyclic) bond motifs is 4. The quantitative estimate of drug-likeness (QED) is 0.816. The first-order chi connectivity index (χ1) is 13.1. The van der Waals surface area contributed by atoms with E-state index >= 15 is 0 Å². The lowest BCUT2D eigenvalue weighted by molar-refractivity contribution is 0.0591. The number of nitrogens with zero attached hydrogens (tertiary/aromatic N) is 2. The average molecular weight is 386 g/mol. The maximum Gasteiger partial charge on any atom is 0.259 e. The first kappa shape index (κ1) is 17.9. The number of piperidine rings is 1. The molecule has 1 aliphatic heterocycles. The monoisotopic (exact) mass is 385 g/mol. The van der Waals surface area contributed by atoms with Gasteiger partial charge in [0.05, 0.1) is 11.4 Å². The number of nitrogens with one attached hydrogen (secondary N) is 1. The van der Waals surface area contributed by atoms with Gasteiger partial charge in [-0.3, -0.25) is 9.69 Å². The number of hydrogen-bond acceptors (Lipinski definition) is 4. The normalized spacial score (nSPS) is 30.1. The van der Waals surface area contributed by atoms with Gasteiger partial charge in [0.1, 0.15) is 10.7 Å². The third kappa shape index (κ3) is 3.17. The van der Waals surface area contributed by atoms with E-state index in [2.05, 4.69) is 23.7 Å². The first-order valence-electron chi connectivity index (χ1n) is 10.9. The van der Waals surface area contributed by atoms with Crippen molar-refractivity contribution in [3.8, 4) is 0 Å². The van der Waals surface area contributed by atoms with E-state index < -0.39 is 0 Å². The molecule has 0 unspecified atom stereocenters. The molecule has 2 fully saturated rings. The van der Waals surface area contributed by atoms with E-state index in [4.69, 9.17) is 4.98 Å². The minimum Gasteiger partial charge on any atom is -0.309 e. The van der Waals surface area contributed by atoms with E-state index in [1.807, 2.05) is 0 Å². The Morgan fingerprint density at radius 2 is 2.00 bits per heavy atom. The topological polar surface area (TPSA) is 49.0 Å². The molecule has 2 aromatic rings. The van der Waals surface area contributed by atoms with Crippen LogP contribution >= 0.6 is 11.3 Å². The van der Waals surface area contributed by atoms with Crippen molar-refractivity contribution in [1.82, 2.24) is 14.9 Å². The van der Waals surface area contributed by atoms with Crippen LogP contribution < -0.4 is 5.56 Å². The summed E-state index contributed by atoms with van der Waals surface area (Å²) in [6, 6.07) is 0.197. The summed E-state index contributed by atoms with van der Waals surface area (Å²) < 4.78 is 0. The Bertz CT molecular complexity index is 901. The van der Waals surface area contributed by atoms with Gasteiger partial charge in [0.25, 0.3) is 5.56 Å². The number of H-pyrrole nitrogens is 1. The van der Waals surface area contributed by atoms with Crippen molar-refractivity contribution < 1.29 is 0 Å². The highest BCUT2D eigenvalue weighted by molar-refractivity contribution is 7.18. The molecule has 0 bridgehead atoms. The molecule has 2 aliphatic carbocycles. The van der Waals surface area contributed by atoms with Crippen molar-refractivity contribution in [1.29, 1.82) is 0 Å². The molecule has 5 heteroatoms. The Balaban J connectivity index is 1.44. The van der Waals surface area contributed by atoms with Gasteiger partial charge < -0.3 is 4.98 Å². The number of rotatable bonds is 2. The highest BCUT2D eigenvalue weighted by Gasteiger charge is 2.34. The fraction of sp³-hybridized carbons (Fsp3) is 0.727. The highest BCUT2D eigenvalue weighted by atomic mass is 32.1. The van der Waals surface area contributed by atoms with Gasteiger partial charge in [0.2, 0.25) is 0 Å². The van der Waals surface area contributed by atoms with Gasteiger partial charge in [0.15, 0.2) is 0 Å². The molecule has 27 heavy (non-hydrogen) atoms.